The van der Waals surface area contributed by atoms with Crippen LogP contribution < -0.4 is 9.47 Å². The maximum atomic E-state index is 5.09. The van der Waals surface area contributed by atoms with Crippen LogP contribution in [0.2, 0.25) is 0 Å². The first-order chi connectivity index (χ1) is 17.8. The first-order valence-corrected chi connectivity index (χ1v) is 13.9. The summed E-state index contributed by atoms with van der Waals surface area (Å²) < 4.78 is 4.48. The molecule has 1 aliphatic heterocycles. The van der Waals surface area contributed by atoms with E-state index in [-0.39, 0.29) is 0 Å². The number of para-hydroxylation sites is 2. The van der Waals surface area contributed by atoms with E-state index in [0.717, 1.165) is 34.9 Å². The van der Waals surface area contributed by atoms with Crippen LogP contribution in [0.15, 0.2) is 107 Å². The van der Waals surface area contributed by atoms with Gasteiger partial charge in [0, 0.05) is 23.1 Å². The van der Waals surface area contributed by atoms with Crippen LogP contribution in [-0.4, -0.2) is 16.3 Å². The molecule has 0 amide bonds. The normalized spacial score (nSPS) is 14.4. The summed E-state index contributed by atoms with van der Waals surface area (Å²) in [5.41, 5.74) is 5.71. The van der Waals surface area contributed by atoms with Crippen molar-refractivity contribution in [2.75, 3.05) is 11.4 Å². The van der Waals surface area contributed by atoms with Gasteiger partial charge in [-0.05, 0) is 55.5 Å². The number of hydrogen-bond donors (Lipinski definition) is 0. The van der Waals surface area contributed by atoms with Crippen molar-refractivity contribution in [2.24, 2.45) is 0 Å². The van der Waals surface area contributed by atoms with Gasteiger partial charge in [-0.1, -0.05) is 78.5 Å². The number of allylic oxidation sites excluding steroid dienone is 2. The third-order valence-corrected chi connectivity index (χ3v) is 8.61. The summed E-state index contributed by atoms with van der Waals surface area (Å²) in [6.45, 7) is 6.24. The Kier molecular flexibility index (Phi) is 6.21. The fourth-order valence-electron chi connectivity index (χ4n) is 4.68. The van der Waals surface area contributed by atoms with Crippen LogP contribution >= 0.6 is 23.1 Å². The highest BCUT2D eigenvalue weighted by Crippen LogP contribution is 2.45. The molecule has 0 bridgehead atoms. The molecule has 178 valence electrons. The van der Waals surface area contributed by atoms with Crippen molar-refractivity contribution >= 4 is 45.2 Å². The van der Waals surface area contributed by atoms with Gasteiger partial charge in [-0.15, -0.1) is 0 Å². The van der Waals surface area contributed by atoms with Crippen LogP contribution in [0.5, 0.6) is 0 Å². The second kappa shape index (κ2) is 9.80. The Morgan fingerprint density at radius 1 is 0.889 bits per heavy atom. The lowest BCUT2D eigenvalue weighted by molar-refractivity contribution is -0.664. The van der Waals surface area contributed by atoms with Crippen molar-refractivity contribution < 1.29 is 4.57 Å². The fraction of sp³-hybridized carbons (Fsp3) is 0.133. The molecule has 6 heteroatoms. The minimum atomic E-state index is 0.873. The largest absolute Gasteiger partial charge is 0.335 e. The van der Waals surface area contributed by atoms with E-state index in [1.807, 2.05) is 17.8 Å². The Morgan fingerprint density at radius 2 is 1.61 bits per heavy atom. The topological polar surface area (TPSA) is 24.9 Å². The van der Waals surface area contributed by atoms with Gasteiger partial charge in [0.1, 0.15) is 6.54 Å². The molecule has 0 fully saturated rings. The third-order valence-electron chi connectivity index (χ3n) is 6.35. The molecule has 6 rings (SSSR count). The molecular weight excluding hydrogens is 480 g/mol. The molecule has 0 unspecified atom stereocenters. The monoisotopic (exact) mass is 507 g/mol. The second-order valence-electron chi connectivity index (χ2n) is 8.48. The Balaban J connectivity index is 1.45. The average molecular weight is 508 g/mol. The predicted molar refractivity (Wildman–Crippen MR) is 153 cm³/mol. The first-order valence-electron chi connectivity index (χ1n) is 12.3. The molecule has 5 aromatic rings. The number of hydrogen-bond acceptors (Lipinski definition) is 4. The second-order valence-corrected chi connectivity index (χ2v) is 10.5. The van der Waals surface area contributed by atoms with Crippen LogP contribution in [0.1, 0.15) is 18.9 Å². The highest BCUT2D eigenvalue weighted by molar-refractivity contribution is 8.03. The fourth-order valence-corrected chi connectivity index (χ4v) is 7.03. The number of thiazole rings is 1. The Hall–Kier alpha value is -3.61. The Bertz CT molecular complexity index is 1580. The van der Waals surface area contributed by atoms with Gasteiger partial charge in [-0.25, -0.2) is 4.68 Å². The molecule has 0 atom stereocenters. The van der Waals surface area contributed by atoms with Gasteiger partial charge in [0.25, 0.3) is 10.5 Å². The lowest BCUT2D eigenvalue weighted by atomic mass is 10.1. The van der Waals surface area contributed by atoms with E-state index in [1.54, 1.807) is 11.3 Å². The zero-order valence-electron chi connectivity index (χ0n) is 20.3. The molecule has 3 aromatic carbocycles. The van der Waals surface area contributed by atoms with Crippen LogP contribution in [0.4, 0.5) is 5.69 Å². The van der Waals surface area contributed by atoms with E-state index < -0.39 is 0 Å². The highest BCUT2D eigenvalue weighted by Gasteiger charge is 2.28. The smallest absolute Gasteiger partial charge is 0.271 e. The molecule has 3 heterocycles. The number of nitrogens with zero attached hydrogens (tertiary/aromatic N) is 4. The van der Waals surface area contributed by atoms with Crippen molar-refractivity contribution in [1.29, 1.82) is 0 Å². The summed E-state index contributed by atoms with van der Waals surface area (Å²) in [5.74, 6) is 0. The van der Waals surface area contributed by atoms with E-state index in [1.165, 1.54) is 26.1 Å². The van der Waals surface area contributed by atoms with Crippen molar-refractivity contribution in [3.63, 3.8) is 0 Å². The van der Waals surface area contributed by atoms with Crippen molar-refractivity contribution in [1.82, 2.24) is 9.78 Å². The maximum Gasteiger partial charge on any atom is 0.271 e. The number of rotatable bonds is 6. The standard InChI is InChI=1S/C30H27N4S2/c1-3-32-24-18-11-12-19-25(24)35-26(32)20-13-21-27-33(4-2)29-28(22-14-7-5-8-15-22)31-34(30(29)36-27)23-16-9-6-10-17-23/h5-21H,3-4H2,1-2H3/q+1. The van der Waals surface area contributed by atoms with E-state index in [4.69, 9.17) is 5.10 Å². The van der Waals surface area contributed by atoms with Crippen molar-refractivity contribution in [3.05, 3.63) is 107 Å². The lowest BCUT2D eigenvalue weighted by Gasteiger charge is -2.17. The molecule has 0 N–H and O–H groups in total. The van der Waals surface area contributed by atoms with E-state index in [9.17, 15) is 0 Å². The van der Waals surface area contributed by atoms with Gasteiger partial charge < -0.3 is 4.90 Å². The van der Waals surface area contributed by atoms with E-state index in [2.05, 4.69) is 125 Å². The van der Waals surface area contributed by atoms with Crippen LogP contribution in [0.25, 0.3) is 33.4 Å². The number of aryl methyl sites for hydroxylation is 1. The van der Waals surface area contributed by atoms with E-state index >= 15 is 0 Å². The molecule has 0 aliphatic carbocycles. The van der Waals surface area contributed by atoms with Gasteiger partial charge in [0.2, 0.25) is 0 Å². The number of anilines is 1. The van der Waals surface area contributed by atoms with Gasteiger partial charge in [0.15, 0.2) is 10.5 Å². The molecule has 0 saturated heterocycles. The molecular formula is C30H27N4S2+. The zero-order valence-corrected chi connectivity index (χ0v) is 22.0. The van der Waals surface area contributed by atoms with Gasteiger partial charge in [-0.3, -0.25) is 0 Å². The number of benzene rings is 3. The molecule has 2 aromatic heterocycles. The first kappa shape index (κ1) is 22.8. The van der Waals surface area contributed by atoms with Crippen LogP contribution in [-0.2, 0) is 6.54 Å². The molecule has 4 nitrogen and oxygen atoms in total. The van der Waals surface area contributed by atoms with Gasteiger partial charge >= 0.3 is 0 Å². The SMILES string of the molecule is CCN1C(=CC=Cc2sc3c(c(-c4ccccc4)nn3-c3ccccc3)[n+]2CC)Sc2ccccc21. The van der Waals surface area contributed by atoms with Crippen molar-refractivity contribution in [3.8, 4) is 16.9 Å². The van der Waals surface area contributed by atoms with Gasteiger partial charge in [0.05, 0.1) is 16.4 Å². The predicted octanol–water partition coefficient (Wildman–Crippen LogP) is 7.55. The van der Waals surface area contributed by atoms with Crippen molar-refractivity contribution in [2.45, 2.75) is 25.3 Å². The third kappa shape index (κ3) is 3.96. The van der Waals surface area contributed by atoms with Crippen LogP contribution in [0, 0.1) is 0 Å². The quantitative estimate of drug-likeness (QED) is 0.222. The summed E-state index contributed by atoms with van der Waals surface area (Å²) >= 11 is 3.63. The highest BCUT2D eigenvalue weighted by atomic mass is 32.2. The summed E-state index contributed by atoms with van der Waals surface area (Å²) in [5, 5.41) is 7.57. The summed E-state index contributed by atoms with van der Waals surface area (Å²) in [6, 6.07) is 29.5. The molecule has 0 saturated carbocycles. The minimum absolute atomic E-state index is 0.873. The zero-order chi connectivity index (χ0) is 24.5. The summed E-state index contributed by atoms with van der Waals surface area (Å²) in [4.78, 5) is 4.86. The minimum Gasteiger partial charge on any atom is -0.335 e. The van der Waals surface area contributed by atoms with Gasteiger partial charge in [-0.2, -0.15) is 9.67 Å². The number of fused-ring (bicyclic) bond motifs is 2. The lowest BCUT2D eigenvalue weighted by Crippen LogP contribution is -2.33. The molecule has 0 radical (unpaired) electrons. The maximum absolute atomic E-state index is 5.09. The number of thioether (sulfide) groups is 1. The Labute approximate surface area is 219 Å². The summed E-state index contributed by atoms with van der Waals surface area (Å²) in [7, 11) is 0. The Morgan fingerprint density at radius 3 is 2.36 bits per heavy atom. The molecule has 36 heavy (non-hydrogen) atoms. The van der Waals surface area contributed by atoms with E-state index in [0.29, 0.717) is 0 Å². The summed E-state index contributed by atoms with van der Waals surface area (Å²) in [6.07, 6.45) is 6.67. The number of aromatic nitrogens is 3. The molecule has 0 spiro atoms. The van der Waals surface area contributed by atoms with Crippen LogP contribution in [0.3, 0.4) is 0 Å². The molecule has 1 aliphatic rings. The average Bonchev–Trinajstić information content (AvgIpc) is 3.59.